The van der Waals surface area contributed by atoms with Gasteiger partial charge in [-0.1, -0.05) is 0 Å². The Morgan fingerprint density at radius 2 is 2.00 bits per heavy atom. The van der Waals surface area contributed by atoms with Crippen LogP contribution in [0.4, 0.5) is 0 Å². The highest BCUT2D eigenvalue weighted by molar-refractivity contribution is 6.17. The number of hydrogen-bond acceptors (Lipinski definition) is 5. The van der Waals surface area contributed by atoms with E-state index in [1.54, 1.807) is 12.1 Å². The van der Waals surface area contributed by atoms with Gasteiger partial charge < -0.3 is 19.0 Å². The fraction of sp³-hybridized carbons (Fsp3) is 0. The average molecular weight is 243 g/mol. The fourth-order valence-electron chi connectivity index (χ4n) is 1.86. The number of nitrogens with one attached hydrogen (secondary N) is 1. The molecular formula is C13H9NO4. The van der Waals surface area contributed by atoms with Gasteiger partial charge in [0, 0.05) is 5.39 Å². The number of fused-ring (bicyclic) bond motifs is 1. The highest BCUT2D eigenvalue weighted by atomic mass is 16.5. The lowest BCUT2D eigenvalue weighted by molar-refractivity contribution is 0.345. The molecule has 18 heavy (non-hydrogen) atoms. The van der Waals surface area contributed by atoms with Crippen LogP contribution in [0.25, 0.3) is 11.0 Å². The molecule has 0 aliphatic carbocycles. The van der Waals surface area contributed by atoms with E-state index in [2.05, 4.69) is 0 Å². The maximum atomic E-state index is 9.76. The molecule has 5 heteroatoms. The van der Waals surface area contributed by atoms with E-state index < -0.39 is 0 Å². The van der Waals surface area contributed by atoms with Gasteiger partial charge in [0.15, 0.2) is 5.76 Å². The zero-order chi connectivity index (χ0) is 12.7. The molecule has 0 bridgehead atoms. The Balaban J connectivity index is 2.25. The monoisotopic (exact) mass is 243 g/mol. The molecule has 0 atom stereocenters. The second-order valence-electron chi connectivity index (χ2n) is 3.81. The smallest absolute Gasteiger partial charge is 0.292 e. The number of aromatic hydroxyl groups is 2. The normalized spacial score (nSPS) is 10.9. The quantitative estimate of drug-likeness (QED) is 0.603. The van der Waals surface area contributed by atoms with Gasteiger partial charge in [-0.05, 0) is 30.3 Å². The Labute approximate surface area is 101 Å². The second-order valence-corrected chi connectivity index (χ2v) is 3.81. The molecule has 3 rings (SSSR count). The van der Waals surface area contributed by atoms with Gasteiger partial charge in [-0.2, -0.15) is 0 Å². The van der Waals surface area contributed by atoms with Crippen LogP contribution >= 0.6 is 0 Å². The van der Waals surface area contributed by atoms with Crippen molar-refractivity contribution in [3.05, 3.63) is 47.9 Å². The van der Waals surface area contributed by atoms with Crippen LogP contribution in [0.3, 0.4) is 0 Å². The zero-order valence-electron chi connectivity index (χ0n) is 9.18. The van der Waals surface area contributed by atoms with Crippen LogP contribution in [-0.2, 0) is 0 Å². The van der Waals surface area contributed by atoms with Gasteiger partial charge in [0.1, 0.15) is 17.0 Å². The van der Waals surface area contributed by atoms with Gasteiger partial charge in [0.2, 0.25) is 0 Å². The van der Waals surface area contributed by atoms with Crippen LogP contribution in [0, 0.1) is 5.41 Å². The SMILES string of the molecule is N=C(c1ccco1)c1c(O)oc2ccc(O)cc12. The first-order chi connectivity index (χ1) is 8.66. The number of phenols is 1. The molecule has 1 aromatic carbocycles. The Morgan fingerprint density at radius 1 is 1.17 bits per heavy atom. The van der Waals surface area contributed by atoms with Crippen molar-refractivity contribution in [2.24, 2.45) is 0 Å². The maximum Gasteiger partial charge on any atom is 0.292 e. The summed E-state index contributed by atoms with van der Waals surface area (Å²) in [6.45, 7) is 0. The van der Waals surface area contributed by atoms with Crippen LogP contribution in [0.2, 0.25) is 0 Å². The molecule has 0 radical (unpaired) electrons. The molecule has 3 N–H and O–H groups in total. The largest absolute Gasteiger partial charge is 0.508 e. The minimum absolute atomic E-state index is 0.00171. The van der Waals surface area contributed by atoms with Crippen LogP contribution in [0.15, 0.2) is 45.4 Å². The summed E-state index contributed by atoms with van der Waals surface area (Å²) in [6.07, 6.45) is 1.45. The predicted octanol–water partition coefficient (Wildman–Crippen LogP) is 2.85. The van der Waals surface area contributed by atoms with E-state index in [1.165, 1.54) is 24.5 Å². The minimum Gasteiger partial charge on any atom is -0.508 e. The number of rotatable bonds is 2. The highest BCUT2D eigenvalue weighted by Crippen LogP contribution is 2.34. The number of furan rings is 2. The zero-order valence-corrected chi connectivity index (χ0v) is 9.18. The Hall–Kier alpha value is -2.69. The molecule has 0 fully saturated rings. The standard InChI is InChI=1S/C13H9NO4/c14-12(10-2-1-5-17-10)11-8-6-7(15)3-4-9(8)18-13(11)16/h1-6,14-16H. The first-order valence-corrected chi connectivity index (χ1v) is 5.24. The lowest BCUT2D eigenvalue weighted by Gasteiger charge is -1.98. The number of hydrogen-bond donors (Lipinski definition) is 3. The molecule has 0 spiro atoms. The van der Waals surface area contributed by atoms with E-state index in [4.69, 9.17) is 14.2 Å². The van der Waals surface area contributed by atoms with Crippen LogP contribution in [-0.4, -0.2) is 15.9 Å². The molecule has 3 aromatic rings. The fourth-order valence-corrected chi connectivity index (χ4v) is 1.86. The average Bonchev–Trinajstić information content (AvgIpc) is 2.94. The van der Waals surface area contributed by atoms with E-state index in [0.29, 0.717) is 16.7 Å². The molecule has 2 heterocycles. The van der Waals surface area contributed by atoms with Gasteiger partial charge in [0.25, 0.3) is 5.95 Å². The highest BCUT2D eigenvalue weighted by Gasteiger charge is 2.20. The maximum absolute atomic E-state index is 9.76. The lowest BCUT2D eigenvalue weighted by Crippen LogP contribution is -1.98. The third kappa shape index (κ3) is 1.45. The van der Waals surface area contributed by atoms with Crippen molar-refractivity contribution >= 4 is 16.7 Å². The van der Waals surface area contributed by atoms with Crippen molar-refractivity contribution in [3.63, 3.8) is 0 Å². The van der Waals surface area contributed by atoms with Gasteiger partial charge in [0.05, 0.1) is 11.8 Å². The topological polar surface area (TPSA) is 90.6 Å². The van der Waals surface area contributed by atoms with Crippen LogP contribution < -0.4 is 0 Å². The third-order valence-corrected chi connectivity index (χ3v) is 2.67. The summed E-state index contributed by atoms with van der Waals surface area (Å²) in [5.41, 5.74) is 0.606. The Bertz CT molecular complexity index is 725. The van der Waals surface area contributed by atoms with Crippen LogP contribution in [0.5, 0.6) is 11.7 Å². The van der Waals surface area contributed by atoms with Crippen molar-refractivity contribution in [1.29, 1.82) is 5.41 Å². The summed E-state index contributed by atoms with van der Waals surface area (Å²) in [5.74, 6) is -0.00913. The number of benzene rings is 1. The van der Waals surface area contributed by atoms with Gasteiger partial charge >= 0.3 is 0 Å². The second kappa shape index (κ2) is 3.66. The first kappa shape index (κ1) is 10.5. The van der Waals surface area contributed by atoms with E-state index in [1.807, 2.05) is 0 Å². The van der Waals surface area contributed by atoms with E-state index in [-0.39, 0.29) is 23.0 Å². The van der Waals surface area contributed by atoms with E-state index in [0.717, 1.165) is 0 Å². The summed E-state index contributed by atoms with van der Waals surface area (Å²) >= 11 is 0. The summed E-state index contributed by atoms with van der Waals surface area (Å²) in [6, 6.07) is 7.68. The third-order valence-electron chi connectivity index (χ3n) is 2.67. The Morgan fingerprint density at radius 3 is 2.72 bits per heavy atom. The summed E-state index contributed by atoms with van der Waals surface area (Å²) in [5, 5.41) is 27.7. The molecule has 0 amide bonds. The van der Waals surface area contributed by atoms with Crippen molar-refractivity contribution < 1.29 is 19.0 Å². The van der Waals surface area contributed by atoms with Gasteiger partial charge in [-0.15, -0.1) is 0 Å². The molecular weight excluding hydrogens is 234 g/mol. The van der Waals surface area contributed by atoms with Crippen molar-refractivity contribution in [3.8, 4) is 11.7 Å². The van der Waals surface area contributed by atoms with Gasteiger partial charge in [-0.3, -0.25) is 5.41 Å². The van der Waals surface area contributed by atoms with Crippen molar-refractivity contribution in [2.45, 2.75) is 0 Å². The van der Waals surface area contributed by atoms with Crippen LogP contribution in [0.1, 0.15) is 11.3 Å². The molecule has 0 saturated carbocycles. The molecule has 0 aliphatic heterocycles. The van der Waals surface area contributed by atoms with Crippen molar-refractivity contribution in [2.75, 3.05) is 0 Å². The van der Waals surface area contributed by atoms with E-state index in [9.17, 15) is 10.2 Å². The molecule has 5 nitrogen and oxygen atoms in total. The van der Waals surface area contributed by atoms with Gasteiger partial charge in [-0.25, -0.2) is 0 Å². The Kier molecular flexibility index (Phi) is 2.13. The molecule has 2 aromatic heterocycles. The summed E-state index contributed by atoms with van der Waals surface area (Å²) < 4.78 is 10.2. The summed E-state index contributed by atoms with van der Waals surface area (Å²) in [7, 11) is 0. The number of phenolic OH excluding ortho intramolecular Hbond substituents is 1. The molecule has 90 valence electrons. The lowest BCUT2D eigenvalue weighted by atomic mass is 10.1. The summed E-state index contributed by atoms with van der Waals surface area (Å²) in [4.78, 5) is 0. The molecule has 0 saturated heterocycles. The first-order valence-electron chi connectivity index (χ1n) is 5.24. The minimum atomic E-state index is -0.364. The predicted molar refractivity (Wildman–Crippen MR) is 64.2 cm³/mol. The van der Waals surface area contributed by atoms with E-state index >= 15 is 0 Å². The van der Waals surface area contributed by atoms with Crippen molar-refractivity contribution in [1.82, 2.24) is 0 Å². The molecule has 0 unspecified atom stereocenters. The molecule has 0 aliphatic rings.